The summed E-state index contributed by atoms with van der Waals surface area (Å²) in [4.78, 5) is 2.67. The molecule has 0 N–H and O–H groups in total. The van der Waals surface area contributed by atoms with E-state index < -0.39 is 8.32 Å². The molecule has 0 spiro atoms. The van der Waals surface area contributed by atoms with Crippen LogP contribution in [-0.2, 0) is 4.43 Å². The third-order valence-electron chi connectivity index (χ3n) is 6.62. The molecule has 2 nitrogen and oxygen atoms in total. The number of nitrogens with zero attached hydrogens (tertiary/aromatic N) is 1. The fourth-order valence-corrected chi connectivity index (χ4v) is 5.55. The highest BCUT2D eigenvalue weighted by molar-refractivity contribution is 6.74. The number of rotatable bonds is 3. The van der Waals surface area contributed by atoms with Crippen LogP contribution in [-0.4, -0.2) is 31.9 Å². The summed E-state index contributed by atoms with van der Waals surface area (Å²) < 4.78 is 20.2. The fourth-order valence-electron chi connectivity index (χ4n) is 4.17. The van der Waals surface area contributed by atoms with Crippen molar-refractivity contribution in [2.75, 3.05) is 6.54 Å². The third kappa shape index (κ3) is 4.17. The van der Waals surface area contributed by atoms with E-state index in [1.165, 1.54) is 31.4 Å². The SMILES string of the molecule is CC(C)(C)[Si](C)(C)O[C@H]1C[C@H]2CCCCN2[C@H](c2ccc(F)cc2)C1. The lowest BCUT2D eigenvalue weighted by Gasteiger charge is -2.50. The lowest BCUT2D eigenvalue weighted by molar-refractivity contribution is -0.0129. The van der Waals surface area contributed by atoms with Crippen LogP contribution < -0.4 is 0 Å². The van der Waals surface area contributed by atoms with Crippen molar-refractivity contribution in [3.8, 4) is 0 Å². The second-order valence-corrected chi connectivity index (χ2v) is 14.2. The zero-order valence-corrected chi connectivity index (χ0v) is 17.5. The summed E-state index contributed by atoms with van der Waals surface area (Å²) in [6.07, 6.45) is 6.40. The molecule has 0 aliphatic carbocycles. The molecule has 2 fully saturated rings. The first kappa shape index (κ1) is 19.1. The van der Waals surface area contributed by atoms with Gasteiger partial charge >= 0.3 is 0 Å². The minimum Gasteiger partial charge on any atom is -0.414 e. The number of benzene rings is 1. The largest absolute Gasteiger partial charge is 0.414 e. The zero-order valence-electron chi connectivity index (χ0n) is 16.5. The Kier molecular flexibility index (Phi) is 5.43. The van der Waals surface area contributed by atoms with Gasteiger partial charge < -0.3 is 4.43 Å². The molecule has 3 rings (SSSR count). The molecule has 2 aliphatic heterocycles. The Hall–Kier alpha value is -0.713. The minimum atomic E-state index is -1.77. The standard InChI is InChI=1S/C21H34FNOSi/c1-21(2,3)25(4,5)24-19-14-18-8-6-7-13-23(18)20(15-19)16-9-11-17(22)12-10-16/h9-12,18-20H,6-8,13-15H2,1-5H3/t18-,19+,20+/m1/s1. The second-order valence-electron chi connectivity index (χ2n) is 9.43. The van der Waals surface area contributed by atoms with Crippen molar-refractivity contribution in [2.24, 2.45) is 0 Å². The van der Waals surface area contributed by atoms with Gasteiger partial charge in [0.2, 0.25) is 0 Å². The van der Waals surface area contributed by atoms with Crippen LogP contribution in [0.4, 0.5) is 4.39 Å². The van der Waals surface area contributed by atoms with Crippen molar-refractivity contribution < 1.29 is 8.82 Å². The van der Waals surface area contributed by atoms with Crippen molar-refractivity contribution >= 4 is 8.32 Å². The molecule has 2 heterocycles. The van der Waals surface area contributed by atoms with Crippen LogP contribution >= 0.6 is 0 Å². The summed E-state index contributed by atoms with van der Waals surface area (Å²) in [6, 6.07) is 8.14. The predicted octanol–water partition coefficient (Wildman–Crippen LogP) is 5.91. The summed E-state index contributed by atoms with van der Waals surface area (Å²) in [5.41, 5.74) is 1.25. The normalized spacial score (nSPS) is 28.6. The van der Waals surface area contributed by atoms with Crippen LogP contribution in [0.15, 0.2) is 24.3 Å². The van der Waals surface area contributed by atoms with Crippen LogP contribution in [0.5, 0.6) is 0 Å². The zero-order chi connectivity index (χ0) is 18.2. The van der Waals surface area contributed by atoms with Gasteiger partial charge in [0, 0.05) is 18.2 Å². The average molecular weight is 364 g/mol. The lowest BCUT2D eigenvalue weighted by atomic mass is 9.84. The van der Waals surface area contributed by atoms with Gasteiger partial charge in [0.05, 0.1) is 0 Å². The topological polar surface area (TPSA) is 12.5 Å². The average Bonchev–Trinajstić information content (AvgIpc) is 2.53. The first-order valence-corrected chi connectivity index (χ1v) is 12.8. The molecule has 25 heavy (non-hydrogen) atoms. The first-order valence-electron chi connectivity index (χ1n) is 9.86. The van der Waals surface area contributed by atoms with Gasteiger partial charge in [0.15, 0.2) is 8.32 Å². The highest BCUT2D eigenvalue weighted by Crippen LogP contribution is 2.43. The molecule has 0 amide bonds. The van der Waals surface area contributed by atoms with E-state index in [0.717, 1.165) is 12.8 Å². The molecular formula is C21H34FNOSi. The molecule has 2 saturated heterocycles. The van der Waals surface area contributed by atoms with Crippen molar-refractivity contribution in [1.82, 2.24) is 4.90 Å². The number of hydrogen-bond donors (Lipinski definition) is 0. The fraction of sp³-hybridized carbons (Fsp3) is 0.714. The molecule has 1 aromatic carbocycles. The summed E-state index contributed by atoms with van der Waals surface area (Å²) in [5, 5.41) is 0.238. The molecule has 0 aromatic heterocycles. The number of halogens is 1. The monoisotopic (exact) mass is 363 g/mol. The Morgan fingerprint density at radius 2 is 1.76 bits per heavy atom. The Morgan fingerprint density at radius 3 is 2.40 bits per heavy atom. The van der Waals surface area contributed by atoms with Crippen LogP contribution in [0.25, 0.3) is 0 Å². The van der Waals surface area contributed by atoms with E-state index in [1.54, 1.807) is 12.1 Å². The van der Waals surface area contributed by atoms with Gasteiger partial charge in [0.1, 0.15) is 5.82 Å². The van der Waals surface area contributed by atoms with Gasteiger partial charge in [-0.15, -0.1) is 0 Å². The van der Waals surface area contributed by atoms with Gasteiger partial charge in [-0.1, -0.05) is 39.3 Å². The van der Waals surface area contributed by atoms with Crippen molar-refractivity contribution in [1.29, 1.82) is 0 Å². The molecule has 140 valence electrons. The van der Waals surface area contributed by atoms with E-state index in [4.69, 9.17) is 4.43 Å². The van der Waals surface area contributed by atoms with Gasteiger partial charge in [-0.2, -0.15) is 0 Å². The van der Waals surface area contributed by atoms with Crippen LogP contribution in [0, 0.1) is 5.82 Å². The number of hydrogen-bond acceptors (Lipinski definition) is 2. The quantitative estimate of drug-likeness (QED) is 0.619. The Morgan fingerprint density at radius 1 is 1.08 bits per heavy atom. The second kappa shape index (κ2) is 7.13. The van der Waals surface area contributed by atoms with Crippen molar-refractivity contribution in [3.63, 3.8) is 0 Å². The summed E-state index contributed by atoms with van der Waals surface area (Å²) in [6.45, 7) is 12.8. The van der Waals surface area contributed by atoms with E-state index in [0.29, 0.717) is 18.2 Å². The van der Waals surface area contributed by atoms with Gasteiger partial charge in [0.25, 0.3) is 0 Å². The van der Waals surface area contributed by atoms with Crippen LogP contribution in [0.2, 0.25) is 18.1 Å². The molecule has 0 bridgehead atoms. The maximum Gasteiger partial charge on any atom is 0.192 e. The highest BCUT2D eigenvalue weighted by Gasteiger charge is 2.43. The van der Waals surface area contributed by atoms with E-state index in [2.05, 4.69) is 38.8 Å². The third-order valence-corrected chi connectivity index (χ3v) is 11.2. The van der Waals surface area contributed by atoms with Crippen molar-refractivity contribution in [3.05, 3.63) is 35.6 Å². The summed E-state index contributed by atoms with van der Waals surface area (Å²) in [5.74, 6) is -0.149. The first-order chi connectivity index (χ1) is 11.7. The van der Waals surface area contributed by atoms with E-state index >= 15 is 0 Å². The molecule has 1 aromatic rings. The predicted molar refractivity (Wildman–Crippen MR) is 105 cm³/mol. The Labute approximate surface area is 153 Å². The molecule has 0 radical (unpaired) electrons. The molecule has 4 heteroatoms. The maximum absolute atomic E-state index is 13.4. The van der Waals surface area contributed by atoms with E-state index in [9.17, 15) is 4.39 Å². The number of piperidine rings is 2. The Balaban J connectivity index is 1.82. The summed E-state index contributed by atoms with van der Waals surface area (Å²) >= 11 is 0. The van der Waals surface area contributed by atoms with Gasteiger partial charge in [-0.3, -0.25) is 4.90 Å². The van der Waals surface area contributed by atoms with Crippen molar-refractivity contribution in [2.45, 2.75) is 89.2 Å². The van der Waals surface area contributed by atoms with E-state index in [-0.39, 0.29) is 10.9 Å². The highest BCUT2D eigenvalue weighted by atomic mass is 28.4. The lowest BCUT2D eigenvalue weighted by Crippen LogP contribution is -2.52. The van der Waals surface area contributed by atoms with E-state index in [1.807, 2.05) is 12.1 Å². The van der Waals surface area contributed by atoms with Crippen LogP contribution in [0.1, 0.15) is 64.5 Å². The minimum absolute atomic E-state index is 0.149. The van der Waals surface area contributed by atoms with Gasteiger partial charge in [-0.05, 0) is 68.1 Å². The molecule has 3 atom stereocenters. The summed E-state index contributed by atoms with van der Waals surface area (Å²) in [7, 11) is -1.77. The molecule has 2 aliphatic rings. The maximum atomic E-state index is 13.4. The van der Waals surface area contributed by atoms with Crippen LogP contribution in [0.3, 0.4) is 0 Å². The smallest absolute Gasteiger partial charge is 0.192 e. The molecule has 0 unspecified atom stereocenters. The number of fused-ring (bicyclic) bond motifs is 1. The Bertz CT molecular complexity index is 581. The van der Waals surface area contributed by atoms with Gasteiger partial charge in [-0.25, -0.2) is 4.39 Å². The molecular weight excluding hydrogens is 329 g/mol. The molecule has 0 saturated carbocycles.